The molecule has 2 aromatic rings. The summed E-state index contributed by atoms with van der Waals surface area (Å²) in [5.41, 5.74) is 1.79. The van der Waals surface area contributed by atoms with Crippen LogP contribution in [-0.4, -0.2) is 20.0 Å². The molecule has 2 rings (SSSR count). The molecule has 2 unspecified atom stereocenters. The largest absolute Gasteiger partial charge is 0.329 e. The number of benzene rings is 1. The van der Waals surface area contributed by atoms with E-state index in [-0.39, 0.29) is 5.25 Å². The van der Waals surface area contributed by atoms with Gasteiger partial charge < -0.3 is 4.55 Å². The van der Waals surface area contributed by atoms with Crippen LogP contribution in [0.2, 0.25) is 0 Å². The molecule has 0 amide bonds. The highest BCUT2D eigenvalue weighted by Crippen LogP contribution is 2.33. The van der Waals surface area contributed by atoms with Gasteiger partial charge in [-0.2, -0.15) is 23.0 Å². The van der Waals surface area contributed by atoms with Crippen LogP contribution in [0.3, 0.4) is 0 Å². The van der Waals surface area contributed by atoms with E-state index in [2.05, 4.69) is 22.8 Å². The van der Waals surface area contributed by atoms with Gasteiger partial charge in [-0.1, -0.05) is 6.07 Å². The van der Waals surface area contributed by atoms with Gasteiger partial charge >= 0.3 is 0 Å². The lowest BCUT2D eigenvalue weighted by molar-refractivity contribution is 0.651. The molecule has 0 spiro atoms. The van der Waals surface area contributed by atoms with Gasteiger partial charge in [0.15, 0.2) is 0 Å². The zero-order valence-corrected chi connectivity index (χ0v) is 9.87. The minimum absolute atomic E-state index is 0.354. The first kappa shape index (κ1) is 11.3. The van der Waals surface area contributed by atoms with Crippen LogP contribution in [0.15, 0.2) is 24.4 Å². The third kappa shape index (κ3) is 2.02. The normalized spacial score (nSPS) is 14.6. The summed E-state index contributed by atoms with van der Waals surface area (Å²) in [6.45, 7) is 0. The lowest BCUT2D eigenvalue weighted by Crippen LogP contribution is -2.07. The van der Waals surface area contributed by atoms with Crippen molar-refractivity contribution in [3.05, 3.63) is 30.0 Å². The minimum Gasteiger partial charge on any atom is -0.329 e. The van der Waals surface area contributed by atoms with Crippen molar-refractivity contribution >= 4 is 35.6 Å². The van der Waals surface area contributed by atoms with Crippen LogP contribution >= 0.6 is 24.7 Å². The zero-order valence-electron chi connectivity index (χ0n) is 8.16. The van der Waals surface area contributed by atoms with E-state index in [0.29, 0.717) is 12.0 Å². The quantitative estimate of drug-likeness (QED) is 0.579. The lowest BCUT2D eigenvalue weighted by atomic mass is 10.1. The molecule has 6 heteroatoms. The van der Waals surface area contributed by atoms with Gasteiger partial charge in [0.05, 0.1) is 23.0 Å². The molecule has 1 heterocycles. The zero-order chi connectivity index (χ0) is 11.5. The van der Waals surface area contributed by atoms with Crippen molar-refractivity contribution in [3.8, 4) is 6.07 Å². The molecule has 1 aromatic carbocycles. The second kappa shape index (κ2) is 4.78. The summed E-state index contributed by atoms with van der Waals surface area (Å²) in [6, 6.07) is 7.64. The maximum absolute atomic E-state index is 9.20. The Morgan fingerprint density at radius 2 is 2.38 bits per heavy atom. The maximum atomic E-state index is 9.20. The van der Waals surface area contributed by atoms with Crippen molar-refractivity contribution < 1.29 is 4.55 Å². The van der Waals surface area contributed by atoms with Gasteiger partial charge in [-0.25, -0.2) is 0 Å². The Morgan fingerprint density at radius 3 is 3.06 bits per heavy atom. The van der Waals surface area contributed by atoms with Gasteiger partial charge in [-0.15, -0.1) is 0 Å². The monoisotopic (exact) mass is 251 g/mol. The Bertz CT molecular complexity index is 534. The third-order valence-electron chi connectivity index (χ3n) is 2.33. The molecule has 0 saturated heterocycles. The van der Waals surface area contributed by atoms with Gasteiger partial charge in [0.25, 0.3) is 0 Å². The molecule has 82 valence electrons. The fourth-order valence-electron chi connectivity index (χ4n) is 1.51. The van der Waals surface area contributed by atoms with E-state index >= 15 is 0 Å². The highest BCUT2D eigenvalue weighted by molar-refractivity contribution is 7.95. The fraction of sp³-hybridized carbons (Fsp3) is 0.200. The fourth-order valence-corrected chi connectivity index (χ4v) is 2.29. The van der Waals surface area contributed by atoms with E-state index in [1.165, 1.54) is 0 Å². The first-order valence-corrected chi connectivity index (χ1v) is 5.92. The van der Waals surface area contributed by atoms with Crippen molar-refractivity contribution in [2.45, 2.75) is 10.5 Å². The lowest BCUT2D eigenvalue weighted by Gasteiger charge is -2.14. The molecule has 2 N–H and O–H groups in total. The van der Waals surface area contributed by atoms with Crippen LogP contribution < -0.4 is 0 Å². The molecular weight excluding hydrogens is 242 g/mol. The van der Waals surface area contributed by atoms with E-state index in [9.17, 15) is 4.55 Å². The molecule has 2 atom stereocenters. The van der Waals surface area contributed by atoms with Gasteiger partial charge in [0.1, 0.15) is 5.25 Å². The van der Waals surface area contributed by atoms with Crippen molar-refractivity contribution in [2.24, 2.45) is 0 Å². The second-order valence-electron chi connectivity index (χ2n) is 3.32. The molecule has 0 fully saturated rings. The Hall–Kier alpha value is -1.16. The Kier molecular flexibility index (Phi) is 3.39. The SMILES string of the molecule is N#CC(S)C(SO)c1ccc2[nH]ncc2c1. The molecule has 1 aromatic heterocycles. The Morgan fingerprint density at radius 1 is 1.56 bits per heavy atom. The number of fused-ring (bicyclic) bond motifs is 1. The van der Waals surface area contributed by atoms with Gasteiger partial charge in [-0.05, 0) is 29.7 Å². The number of thiol groups is 1. The molecule has 16 heavy (non-hydrogen) atoms. The van der Waals surface area contributed by atoms with Crippen LogP contribution in [0.25, 0.3) is 10.9 Å². The molecule has 0 aliphatic carbocycles. The van der Waals surface area contributed by atoms with Crippen LogP contribution in [-0.2, 0) is 0 Å². The molecule has 4 nitrogen and oxygen atoms in total. The highest BCUT2D eigenvalue weighted by Gasteiger charge is 2.20. The summed E-state index contributed by atoms with van der Waals surface area (Å²) in [5.74, 6) is 0. The standard InChI is InChI=1S/C10H9N3OS2/c11-4-9(15)10(16-14)6-1-2-8-7(3-6)5-12-13-8/h1-3,5,9-10,14-15H,(H,12,13). The van der Waals surface area contributed by atoms with Crippen LogP contribution in [0, 0.1) is 11.3 Å². The average molecular weight is 251 g/mol. The minimum atomic E-state index is -0.542. The number of H-pyrrole nitrogens is 1. The smallest absolute Gasteiger partial charge is 0.107 e. The van der Waals surface area contributed by atoms with E-state index < -0.39 is 5.25 Å². The van der Waals surface area contributed by atoms with Gasteiger partial charge in [0.2, 0.25) is 0 Å². The second-order valence-corrected chi connectivity index (χ2v) is 4.59. The number of aromatic nitrogens is 2. The van der Waals surface area contributed by atoms with Crippen molar-refractivity contribution in [1.29, 1.82) is 5.26 Å². The van der Waals surface area contributed by atoms with E-state index in [4.69, 9.17) is 5.26 Å². The van der Waals surface area contributed by atoms with Crippen molar-refractivity contribution in [1.82, 2.24) is 10.2 Å². The molecule has 0 bridgehead atoms. The number of hydrogen-bond acceptors (Lipinski definition) is 5. The Labute approximate surface area is 102 Å². The predicted molar refractivity (Wildman–Crippen MR) is 67.4 cm³/mol. The van der Waals surface area contributed by atoms with Crippen molar-refractivity contribution in [2.75, 3.05) is 0 Å². The first-order chi connectivity index (χ1) is 7.76. The summed E-state index contributed by atoms with van der Waals surface area (Å²) in [6.07, 6.45) is 1.71. The number of nitriles is 1. The van der Waals surface area contributed by atoms with Gasteiger partial charge in [0, 0.05) is 5.39 Å². The van der Waals surface area contributed by atoms with Crippen LogP contribution in [0.5, 0.6) is 0 Å². The summed E-state index contributed by atoms with van der Waals surface area (Å²) < 4.78 is 9.20. The predicted octanol–water partition coefficient (Wildman–Crippen LogP) is 2.63. The number of nitrogens with one attached hydrogen (secondary N) is 1. The van der Waals surface area contributed by atoms with Crippen molar-refractivity contribution in [3.63, 3.8) is 0 Å². The van der Waals surface area contributed by atoms with Crippen LogP contribution in [0.1, 0.15) is 10.8 Å². The molecule has 0 aliphatic rings. The molecule has 0 aliphatic heterocycles. The summed E-state index contributed by atoms with van der Waals surface area (Å²) >= 11 is 4.77. The Balaban J connectivity index is 2.41. The third-order valence-corrected chi connectivity index (χ3v) is 3.71. The summed E-state index contributed by atoms with van der Waals surface area (Å²) in [4.78, 5) is 0. The average Bonchev–Trinajstić information content (AvgIpc) is 2.77. The van der Waals surface area contributed by atoms with E-state index in [0.717, 1.165) is 16.5 Å². The first-order valence-electron chi connectivity index (χ1n) is 4.57. The molecular formula is C10H9N3OS2. The summed E-state index contributed by atoms with van der Waals surface area (Å²) in [5, 5.41) is 15.6. The summed E-state index contributed by atoms with van der Waals surface area (Å²) in [7, 11) is 0. The maximum Gasteiger partial charge on any atom is 0.107 e. The van der Waals surface area contributed by atoms with E-state index in [1.807, 2.05) is 24.3 Å². The number of aromatic amines is 1. The van der Waals surface area contributed by atoms with E-state index in [1.54, 1.807) is 6.20 Å². The topological polar surface area (TPSA) is 72.7 Å². The highest BCUT2D eigenvalue weighted by atomic mass is 32.2. The number of rotatable bonds is 3. The number of hydrogen-bond donors (Lipinski definition) is 3. The van der Waals surface area contributed by atoms with Gasteiger partial charge in [-0.3, -0.25) is 5.10 Å². The molecule has 0 saturated carbocycles. The number of nitrogens with zero attached hydrogens (tertiary/aromatic N) is 2. The van der Waals surface area contributed by atoms with Crippen LogP contribution in [0.4, 0.5) is 0 Å². The molecule has 0 radical (unpaired) electrons.